The molecular weight excluding hydrogens is 236 g/mol. The van der Waals surface area contributed by atoms with Gasteiger partial charge in [0.05, 0.1) is 6.54 Å². The number of hydrogen-bond acceptors (Lipinski definition) is 3. The summed E-state index contributed by atoms with van der Waals surface area (Å²) in [6.45, 7) is 7.49. The van der Waals surface area contributed by atoms with Crippen LogP contribution in [-0.2, 0) is 6.54 Å². The van der Waals surface area contributed by atoms with Crippen LogP contribution in [0.3, 0.4) is 0 Å². The minimum Gasteiger partial charge on any atom is -0.382 e. The summed E-state index contributed by atoms with van der Waals surface area (Å²) in [5, 5.41) is 7.69. The highest BCUT2D eigenvalue weighted by atomic mass is 15.3. The fourth-order valence-corrected chi connectivity index (χ4v) is 2.16. The van der Waals surface area contributed by atoms with Crippen LogP contribution in [0.4, 0.5) is 5.69 Å². The van der Waals surface area contributed by atoms with Crippen molar-refractivity contribution in [3.8, 4) is 0 Å². The molecule has 0 amide bonds. The summed E-state index contributed by atoms with van der Waals surface area (Å²) in [6, 6.07) is 9.07. The minimum atomic E-state index is 0.529. The molecular formula is C15H22N4. The molecule has 0 aliphatic heterocycles. The third-order valence-corrected chi connectivity index (χ3v) is 3.36. The predicted molar refractivity (Wildman–Crippen MR) is 78.1 cm³/mol. The van der Waals surface area contributed by atoms with E-state index in [0.717, 1.165) is 13.0 Å². The van der Waals surface area contributed by atoms with Gasteiger partial charge in [-0.1, -0.05) is 32.9 Å². The van der Waals surface area contributed by atoms with Gasteiger partial charge in [-0.2, -0.15) is 5.10 Å². The highest BCUT2D eigenvalue weighted by Crippen LogP contribution is 2.16. The van der Waals surface area contributed by atoms with Crippen molar-refractivity contribution in [1.29, 1.82) is 0 Å². The zero-order valence-corrected chi connectivity index (χ0v) is 11.9. The largest absolute Gasteiger partial charge is 0.382 e. The molecule has 0 spiro atoms. The molecule has 0 aliphatic rings. The Morgan fingerprint density at radius 3 is 2.47 bits per heavy atom. The Labute approximate surface area is 114 Å². The summed E-state index contributed by atoms with van der Waals surface area (Å²) in [6.07, 6.45) is 4.43. The first-order valence-corrected chi connectivity index (χ1v) is 6.87. The number of anilines is 1. The van der Waals surface area contributed by atoms with E-state index < -0.39 is 0 Å². The van der Waals surface area contributed by atoms with Crippen LogP contribution < -0.4 is 5.32 Å². The Morgan fingerprint density at radius 2 is 1.95 bits per heavy atom. The van der Waals surface area contributed by atoms with Gasteiger partial charge in [0.25, 0.3) is 0 Å². The quantitative estimate of drug-likeness (QED) is 0.865. The van der Waals surface area contributed by atoms with E-state index in [9.17, 15) is 0 Å². The Hall–Kier alpha value is -1.84. The van der Waals surface area contributed by atoms with Gasteiger partial charge >= 0.3 is 0 Å². The normalized spacial score (nSPS) is 12.6. The summed E-state index contributed by atoms with van der Waals surface area (Å²) in [4.78, 5) is 3.95. The van der Waals surface area contributed by atoms with Gasteiger partial charge in [-0.15, -0.1) is 0 Å². The van der Waals surface area contributed by atoms with Gasteiger partial charge in [-0.05, 0) is 30.0 Å². The number of benzene rings is 1. The van der Waals surface area contributed by atoms with E-state index >= 15 is 0 Å². The zero-order chi connectivity index (χ0) is 13.7. The van der Waals surface area contributed by atoms with Gasteiger partial charge in [0.15, 0.2) is 0 Å². The average Bonchev–Trinajstić information content (AvgIpc) is 2.90. The molecule has 1 heterocycles. The van der Waals surface area contributed by atoms with E-state index in [1.807, 2.05) is 4.68 Å². The maximum atomic E-state index is 4.11. The molecule has 0 saturated heterocycles. The first-order chi connectivity index (χ1) is 9.19. The summed E-state index contributed by atoms with van der Waals surface area (Å²) in [7, 11) is 0. The van der Waals surface area contributed by atoms with E-state index in [1.165, 1.54) is 11.3 Å². The molecule has 0 bridgehead atoms. The highest BCUT2D eigenvalue weighted by Gasteiger charge is 2.10. The smallest absolute Gasteiger partial charge is 0.137 e. The molecule has 1 atom stereocenters. The van der Waals surface area contributed by atoms with Crippen LogP contribution in [0.1, 0.15) is 32.8 Å². The van der Waals surface area contributed by atoms with Crippen molar-refractivity contribution in [3.05, 3.63) is 42.5 Å². The second-order valence-electron chi connectivity index (χ2n) is 5.19. The van der Waals surface area contributed by atoms with Crippen LogP contribution >= 0.6 is 0 Å². The third-order valence-electron chi connectivity index (χ3n) is 3.36. The summed E-state index contributed by atoms with van der Waals surface area (Å²) in [5.41, 5.74) is 2.41. The fraction of sp³-hybridized carbons (Fsp3) is 0.467. The third kappa shape index (κ3) is 3.81. The lowest BCUT2D eigenvalue weighted by Crippen LogP contribution is -2.24. The Bertz CT molecular complexity index is 473. The van der Waals surface area contributed by atoms with Gasteiger partial charge in [0.2, 0.25) is 0 Å². The van der Waals surface area contributed by atoms with E-state index in [-0.39, 0.29) is 0 Å². The molecule has 1 aromatic carbocycles. The van der Waals surface area contributed by atoms with E-state index in [1.54, 1.807) is 12.7 Å². The number of rotatable bonds is 6. The lowest BCUT2D eigenvalue weighted by atomic mass is 10.0. The molecule has 4 heteroatoms. The molecule has 102 valence electrons. The number of hydrogen-bond donors (Lipinski definition) is 1. The lowest BCUT2D eigenvalue weighted by Gasteiger charge is -2.22. The fourth-order valence-electron chi connectivity index (χ4n) is 2.16. The van der Waals surface area contributed by atoms with Crippen LogP contribution in [0.25, 0.3) is 0 Å². The molecule has 1 aromatic heterocycles. The van der Waals surface area contributed by atoms with Crippen LogP contribution in [0.2, 0.25) is 0 Å². The first kappa shape index (κ1) is 13.6. The van der Waals surface area contributed by atoms with Gasteiger partial charge in [0.1, 0.15) is 12.7 Å². The summed E-state index contributed by atoms with van der Waals surface area (Å²) < 4.78 is 1.82. The van der Waals surface area contributed by atoms with Crippen molar-refractivity contribution in [2.24, 2.45) is 5.92 Å². The molecule has 19 heavy (non-hydrogen) atoms. The lowest BCUT2D eigenvalue weighted by molar-refractivity contribution is 0.511. The van der Waals surface area contributed by atoms with E-state index in [0.29, 0.717) is 12.0 Å². The molecule has 1 N–H and O–H groups in total. The first-order valence-electron chi connectivity index (χ1n) is 6.87. The van der Waals surface area contributed by atoms with Crippen molar-refractivity contribution >= 4 is 5.69 Å². The second-order valence-corrected chi connectivity index (χ2v) is 5.19. The topological polar surface area (TPSA) is 42.7 Å². The van der Waals surface area contributed by atoms with Crippen molar-refractivity contribution in [2.75, 3.05) is 5.32 Å². The van der Waals surface area contributed by atoms with E-state index in [2.05, 4.69) is 60.4 Å². The van der Waals surface area contributed by atoms with Crippen LogP contribution in [0, 0.1) is 5.92 Å². The average molecular weight is 258 g/mol. The monoisotopic (exact) mass is 258 g/mol. The maximum absolute atomic E-state index is 4.11. The Morgan fingerprint density at radius 1 is 1.21 bits per heavy atom. The highest BCUT2D eigenvalue weighted by molar-refractivity contribution is 5.45. The van der Waals surface area contributed by atoms with Crippen LogP contribution in [-0.4, -0.2) is 20.8 Å². The van der Waals surface area contributed by atoms with Crippen molar-refractivity contribution in [2.45, 2.75) is 39.8 Å². The number of nitrogens with zero attached hydrogens (tertiary/aromatic N) is 3. The second kappa shape index (κ2) is 6.36. The van der Waals surface area contributed by atoms with Crippen LogP contribution in [0.5, 0.6) is 0 Å². The SMILES string of the molecule is CCC(Nc1ccc(Cn2cncn2)cc1)C(C)C. The van der Waals surface area contributed by atoms with Gasteiger partial charge in [-0.25, -0.2) is 9.67 Å². The van der Waals surface area contributed by atoms with Gasteiger partial charge in [-0.3, -0.25) is 0 Å². The molecule has 0 aliphatic carbocycles. The zero-order valence-electron chi connectivity index (χ0n) is 11.9. The molecule has 0 radical (unpaired) electrons. The van der Waals surface area contributed by atoms with Gasteiger partial charge < -0.3 is 5.32 Å². The summed E-state index contributed by atoms with van der Waals surface area (Å²) in [5.74, 6) is 0.639. The minimum absolute atomic E-state index is 0.529. The van der Waals surface area contributed by atoms with Crippen molar-refractivity contribution in [1.82, 2.24) is 14.8 Å². The Kier molecular flexibility index (Phi) is 4.55. The molecule has 2 rings (SSSR count). The maximum Gasteiger partial charge on any atom is 0.137 e. The standard InChI is InChI=1S/C15H22N4/c1-4-15(12(2)3)18-14-7-5-13(6-8-14)9-19-11-16-10-17-19/h5-8,10-12,15,18H,4,9H2,1-3H3. The number of aromatic nitrogens is 3. The van der Waals surface area contributed by atoms with Crippen LogP contribution in [0.15, 0.2) is 36.9 Å². The molecule has 1 unspecified atom stereocenters. The molecule has 0 fully saturated rings. The van der Waals surface area contributed by atoms with Crippen molar-refractivity contribution in [3.63, 3.8) is 0 Å². The summed E-state index contributed by atoms with van der Waals surface area (Å²) >= 11 is 0. The Balaban J connectivity index is 1.98. The van der Waals surface area contributed by atoms with Crippen molar-refractivity contribution < 1.29 is 0 Å². The molecule has 4 nitrogen and oxygen atoms in total. The van der Waals surface area contributed by atoms with Gasteiger partial charge in [0, 0.05) is 11.7 Å². The van der Waals surface area contributed by atoms with E-state index in [4.69, 9.17) is 0 Å². The number of nitrogens with one attached hydrogen (secondary N) is 1. The molecule has 2 aromatic rings. The molecule has 0 saturated carbocycles. The predicted octanol–water partition coefficient (Wildman–Crippen LogP) is 3.17.